The first-order valence-electron chi connectivity index (χ1n) is 10.5. The minimum Gasteiger partial charge on any atom is -0.336 e. The molecule has 0 aromatic rings. The van der Waals surface area contributed by atoms with E-state index in [0.29, 0.717) is 25.9 Å². The lowest BCUT2D eigenvalue weighted by atomic mass is 9.72. The van der Waals surface area contributed by atoms with Crippen molar-refractivity contribution in [3.63, 3.8) is 0 Å². The molecule has 7 nitrogen and oxygen atoms in total. The fourth-order valence-corrected chi connectivity index (χ4v) is 4.53. The van der Waals surface area contributed by atoms with Gasteiger partial charge >= 0.3 is 6.03 Å². The molecule has 0 bridgehead atoms. The van der Waals surface area contributed by atoms with Gasteiger partial charge in [-0.15, -0.1) is 0 Å². The van der Waals surface area contributed by atoms with Crippen LogP contribution in [0.3, 0.4) is 0 Å². The number of likely N-dealkylation sites (tertiary alicyclic amines) is 2. The molecule has 4 aliphatic rings. The Balaban J connectivity index is 1.30. The van der Waals surface area contributed by atoms with E-state index in [0.717, 1.165) is 38.9 Å². The molecule has 1 atom stereocenters. The van der Waals surface area contributed by atoms with Crippen molar-refractivity contribution in [1.82, 2.24) is 20.4 Å². The van der Waals surface area contributed by atoms with Crippen LogP contribution in [0.15, 0.2) is 0 Å². The average molecular weight is 409 g/mol. The fraction of sp³-hybridized carbons (Fsp3) is 0.850. The van der Waals surface area contributed by atoms with E-state index in [4.69, 9.17) is 5.26 Å². The van der Waals surface area contributed by atoms with Crippen molar-refractivity contribution in [3.05, 3.63) is 0 Å². The molecule has 0 aromatic heterocycles. The van der Waals surface area contributed by atoms with Crippen molar-refractivity contribution in [2.45, 2.75) is 75.4 Å². The topological polar surface area (TPSA) is 88.5 Å². The number of urea groups is 1. The third kappa shape index (κ3) is 4.63. The van der Waals surface area contributed by atoms with Gasteiger partial charge in [-0.25, -0.2) is 13.6 Å². The van der Waals surface area contributed by atoms with Gasteiger partial charge in [-0.05, 0) is 50.9 Å². The van der Waals surface area contributed by atoms with Gasteiger partial charge in [-0.1, -0.05) is 0 Å². The smallest absolute Gasteiger partial charge is 0.318 e. The summed E-state index contributed by atoms with van der Waals surface area (Å²) in [5.41, 5.74) is -0.671. The van der Waals surface area contributed by atoms with Crippen molar-refractivity contribution in [2.24, 2.45) is 5.41 Å². The van der Waals surface area contributed by atoms with Gasteiger partial charge in [0.05, 0.1) is 6.07 Å². The molecule has 9 heteroatoms. The zero-order valence-corrected chi connectivity index (χ0v) is 16.8. The third-order valence-corrected chi connectivity index (χ3v) is 6.75. The van der Waals surface area contributed by atoms with Crippen LogP contribution in [0, 0.1) is 16.7 Å². The Labute approximate surface area is 169 Å². The van der Waals surface area contributed by atoms with Crippen LogP contribution in [0.1, 0.15) is 51.9 Å². The highest BCUT2D eigenvalue weighted by Crippen LogP contribution is 2.45. The van der Waals surface area contributed by atoms with Crippen LogP contribution in [0.5, 0.6) is 0 Å². The van der Waals surface area contributed by atoms with E-state index in [1.807, 2.05) is 6.07 Å². The zero-order valence-electron chi connectivity index (χ0n) is 16.8. The van der Waals surface area contributed by atoms with E-state index in [1.165, 1.54) is 12.8 Å². The molecule has 2 saturated heterocycles. The minimum atomic E-state index is -3.11. The summed E-state index contributed by atoms with van der Waals surface area (Å²) in [4.78, 5) is 29.3. The summed E-state index contributed by atoms with van der Waals surface area (Å²) >= 11 is 0. The van der Waals surface area contributed by atoms with Crippen LogP contribution in [-0.2, 0) is 4.79 Å². The maximum Gasteiger partial charge on any atom is 0.318 e. The lowest BCUT2D eigenvalue weighted by Crippen LogP contribution is -2.62. The molecule has 0 radical (unpaired) electrons. The van der Waals surface area contributed by atoms with Gasteiger partial charge in [-0.3, -0.25) is 9.69 Å². The zero-order chi connectivity index (χ0) is 20.9. The first kappa shape index (κ1) is 20.3. The summed E-state index contributed by atoms with van der Waals surface area (Å²) < 4.78 is 27.2. The van der Waals surface area contributed by atoms with Crippen molar-refractivity contribution in [3.8, 4) is 6.07 Å². The van der Waals surface area contributed by atoms with Gasteiger partial charge in [0.15, 0.2) is 0 Å². The standard InChI is InChI=1S/C20H29F2N5O2/c1-18(21,22)10-15(16(28)25-20(11-23)4-5-20)24-17(29)26-8-6-19(7-9-26)12-27(13-19)14-2-3-14/h14-15H,2-10,12-13H2,1H3,(H,24,29)(H,25,28). The lowest BCUT2D eigenvalue weighted by Gasteiger charge is -2.54. The van der Waals surface area contributed by atoms with E-state index in [-0.39, 0.29) is 5.41 Å². The van der Waals surface area contributed by atoms with Gasteiger partial charge in [0.25, 0.3) is 0 Å². The number of rotatable bonds is 6. The van der Waals surface area contributed by atoms with E-state index in [1.54, 1.807) is 4.90 Å². The van der Waals surface area contributed by atoms with Gasteiger partial charge in [0.2, 0.25) is 11.8 Å². The molecule has 1 spiro atoms. The molecule has 4 rings (SSSR count). The van der Waals surface area contributed by atoms with Gasteiger partial charge in [-0.2, -0.15) is 5.26 Å². The van der Waals surface area contributed by atoms with Crippen LogP contribution in [-0.4, -0.2) is 71.5 Å². The fourth-order valence-electron chi connectivity index (χ4n) is 4.53. The van der Waals surface area contributed by atoms with Crippen LogP contribution < -0.4 is 10.6 Å². The second kappa shape index (κ2) is 7.08. The van der Waals surface area contributed by atoms with Crippen molar-refractivity contribution < 1.29 is 18.4 Å². The molecule has 0 aromatic carbocycles. The molecule has 2 heterocycles. The molecule has 2 N–H and O–H groups in total. The number of hydrogen-bond acceptors (Lipinski definition) is 4. The Kier molecular flexibility index (Phi) is 4.96. The lowest BCUT2D eigenvalue weighted by molar-refractivity contribution is -0.126. The second-order valence-electron chi connectivity index (χ2n) is 9.58. The highest BCUT2D eigenvalue weighted by molar-refractivity contribution is 5.88. The van der Waals surface area contributed by atoms with Crippen molar-refractivity contribution in [2.75, 3.05) is 26.2 Å². The highest BCUT2D eigenvalue weighted by Gasteiger charge is 2.50. The van der Waals surface area contributed by atoms with Gasteiger partial charge in [0, 0.05) is 38.6 Å². The van der Waals surface area contributed by atoms with E-state index in [2.05, 4.69) is 15.5 Å². The van der Waals surface area contributed by atoms with E-state index < -0.39 is 35.9 Å². The van der Waals surface area contributed by atoms with Crippen molar-refractivity contribution in [1.29, 1.82) is 5.26 Å². The number of amides is 3. The van der Waals surface area contributed by atoms with Crippen LogP contribution >= 0.6 is 0 Å². The number of halogens is 2. The third-order valence-electron chi connectivity index (χ3n) is 6.75. The minimum absolute atomic E-state index is 0.289. The van der Waals surface area contributed by atoms with Crippen LogP contribution in [0.25, 0.3) is 0 Å². The molecule has 2 saturated carbocycles. The monoisotopic (exact) mass is 409 g/mol. The first-order valence-corrected chi connectivity index (χ1v) is 10.5. The van der Waals surface area contributed by atoms with Gasteiger partial charge < -0.3 is 15.5 Å². The Morgan fingerprint density at radius 3 is 2.31 bits per heavy atom. The Hall–Kier alpha value is -1.95. The summed E-state index contributed by atoms with van der Waals surface area (Å²) in [5, 5.41) is 14.1. The molecule has 2 aliphatic heterocycles. The Morgan fingerprint density at radius 2 is 1.83 bits per heavy atom. The summed E-state index contributed by atoms with van der Waals surface area (Å²) in [6.07, 6.45) is 4.62. The molecule has 1 unspecified atom stereocenters. The number of nitrogens with zero attached hydrogens (tertiary/aromatic N) is 3. The Morgan fingerprint density at radius 1 is 1.21 bits per heavy atom. The predicted molar refractivity (Wildman–Crippen MR) is 101 cm³/mol. The highest BCUT2D eigenvalue weighted by atomic mass is 19.3. The molecule has 4 fully saturated rings. The number of nitriles is 1. The summed E-state index contributed by atoms with van der Waals surface area (Å²) in [5.74, 6) is -3.82. The molecular formula is C20H29F2N5O2. The van der Waals surface area contributed by atoms with Crippen LogP contribution in [0.4, 0.5) is 13.6 Å². The predicted octanol–water partition coefficient (Wildman–Crippen LogP) is 1.84. The quantitative estimate of drug-likeness (QED) is 0.701. The maximum atomic E-state index is 13.6. The number of carbonyl (C=O) groups is 2. The molecule has 2 aliphatic carbocycles. The first-order chi connectivity index (χ1) is 13.6. The SMILES string of the molecule is CC(F)(F)CC(NC(=O)N1CCC2(CC1)CN(C1CC1)C2)C(=O)NC1(C#N)CC1. The number of carbonyl (C=O) groups excluding carboxylic acids is 2. The summed E-state index contributed by atoms with van der Waals surface area (Å²) in [7, 11) is 0. The largest absolute Gasteiger partial charge is 0.336 e. The molecule has 29 heavy (non-hydrogen) atoms. The molecule has 3 amide bonds. The van der Waals surface area contributed by atoms with Gasteiger partial charge in [0.1, 0.15) is 11.6 Å². The normalized spacial score (nSPS) is 26.2. The summed E-state index contributed by atoms with van der Waals surface area (Å²) in [6.45, 7) is 4.06. The number of nitrogens with one attached hydrogen (secondary N) is 2. The number of piperidine rings is 1. The maximum absolute atomic E-state index is 13.6. The Bertz CT molecular complexity index is 707. The molecular weight excluding hydrogens is 380 g/mol. The molecule has 160 valence electrons. The second-order valence-corrected chi connectivity index (χ2v) is 9.58. The van der Waals surface area contributed by atoms with Crippen LogP contribution in [0.2, 0.25) is 0 Å². The average Bonchev–Trinajstić information content (AvgIpc) is 3.53. The van der Waals surface area contributed by atoms with Crippen molar-refractivity contribution >= 4 is 11.9 Å². The van der Waals surface area contributed by atoms with E-state index in [9.17, 15) is 18.4 Å². The number of hydrogen-bond donors (Lipinski definition) is 2. The van der Waals surface area contributed by atoms with E-state index >= 15 is 0 Å². The number of alkyl halides is 2. The summed E-state index contributed by atoms with van der Waals surface area (Å²) in [6, 6.07) is 0.928.